The number of benzene rings is 2. The summed E-state index contributed by atoms with van der Waals surface area (Å²) in [5.41, 5.74) is 0.664. The highest BCUT2D eigenvalue weighted by Gasteiger charge is 2.32. The lowest BCUT2D eigenvalue weighted by Gasteiger charge is -2.18. The average Bonchev–Trinajstić information content (AvgIpc) is 2.59. The highest BCUT2D eigenvalue weighted by Crippen LogP contribution is 2.32. The molecule has 2 rings (SSSR count). The number of rotatable bonds is 7. The Labute approximate surface area is 145 Å². The zero-order chi connectivity index (χ0) is 18.4. The van der Waals surface area contributed by atoms with Gasteiger partial charge in [-0.1, -0.05) is 24.3 Å². The molecule has 0 saturated carbocycles. The molecule has 0 spiro atoms. The average molecular weight is 353 g/mol. The molecule has 1 atom stereocenters. The smallest absolute Gasteiger partial charge is 0.416 e. The molecule has 1 N–H and O–H groups in total. The molecule has 6 heteroatoms. The number of hydrogen-bond donors (Lipinski definition) is 1. The lowest BCUT2D eigenvalue weighted by Crippen LogP contribution is -2.28. The van der Waals surface area contributed by atoms with Crippen LogP contribution in [0.25, 0.3) is 0 Å². The lowest BCUT2D eigenvalue weighted by molar-refractivity contribution is -0.138. The van der Waals surface area contributed by atoms with Crippen molar-refractivity contribution >= 4 is 0 Å². The monoisotopic (exact) mass is 353 g/mol. The van der Waals surface area contributed by atoms with Crippen LogP contribution in [0.2, 0.25) is 0 Å². The minimum atomic E-state index is -4.34. The second-order valence-corrected chi connectivity index (χ2v) is 5.83. The molecule has 0 aliphatic heterocycles. The molecule has 0 saturated heterocycles. The first kappa shape index (κ1) is 19.1. The number of alkyl halides is 3. The van der Waals surface area contributed by atoms with Crippen LogP contribution in [0.15, 0.2) is 42.5 Å². The molecule has 0 aliphatic rings. The SMILES string of the molecule is COc1ccc(C[C@H](C)NCc2ccccc2C(F)(F)F)cc1OC. The van der Waals surface area contributed by atoms with Crippen LogP contribution in [0, 0.1) is 0 Å². The normalized spacial score (nSPS) is 12.7. The first-order valence-corrected chi connectivity index (χ1v) is 7.94. The Morgan fingerprint density at radius 2 is 1.68 bits per heavy atom. The van der Waals surface area contributed by atoms with Crippen molar-refractivity contribution in [3.8, 4) is 11.5 Å². The predicted molar refractivity (Wildman–Crippen MR) is 91.0 cm³/mol. The first-order chi connectivity index (χ1) is 11.8. The molecule has 0 bridgehead atoms. The third kappa shape index (κ3) is 5.13. The van der Waals surface area contributed by atoms with Gasteiger partial charge in [0.15, 0.2) is 11.5 Å². The molecule has 2 aromatic rings. The highest BCUT2D eigenvalue weighted by atomic mass is 19.4. The molecule has 2 aromatic carbocycles. The van der Waals surface area contributed by atoms with Crippen LogP contribution in [-0.2, 0) is 19.1 Å². The summed E-state index contributed by atoms with van der Waals surface area (Å²) in [6, 6.07) is 11.2. The van der Waals surface area contributed by atoms with E-state index in [-0.39, 0.29) is 18.2 Å². The molecule has 25 heavy (non-hydrogen) atoms. The Balaban J connectivity index is 2.01. The summed E-state index contributed by atoms with van der Waals surface area (Å²) in [5, 5.41) is 3.15. The number of hydrogen-bond acceptors (Lipinski definition) is 3. The maximum atomic E-state index is 13.0. The van der Waals surface area contributed by atoms with Gasteiger partial charge in [-0.15, -0.1) is 0 Å². The number of nitrogens with one attached hydrogen (secondary N) is 1. The molecular formula is C19H22F3NO2. The predicted octanol–water partition coefficient (Wildman–Crippen LogP) is 4.44. The molecule has 0 fully saturated rings. The summed E-state index contributed by atoms with van der Waals surface area (Å²) in [6.07, 6.45) is -3.68. The molecule has 136 valence electrons. The van der Waals surface area contributed by atoms with Gasteiger partial charge in [0.1, 0.15) is 0 Å². The van der Waals surface area contributed by atoms with Gasteiger partial charge in [-0.2, -0.15) is 13.2 Å². The van der Waals surface area contributed by atoms with Crippen LogP contribution in [0.1, 0.15) is 23.6 Å². The van der Waals surface area contributed by atoms with Gasteiger partial charge < -0.3 is 14.8 Å². The van der Waals surface area contributed by atoms with Crippen LogP contribution in [-0.4, -0.2) is 20.3 Å². The maximum Gasteiger partial charge on any atom is 0.416 e. The standard InChI is InChI=1S/C19H22F3NO2/c1-13(10-14-8-9-17(24-2)18(11-14)25-3)23-12-15-6-4-5-7-16(15)19(20,21)22/h4-9,11,13,23H,10,12H2,1-3H3/t13-/m0/s1. The quantitative estimate of drug-likeness (QED) is 0.798. The molecule has 0 amide bonds. The van der Waals surface area contributed by atoms with Crippen molar-refractivity contribution in [3.63, 3.8) is 0 Å². The molecule has 0 radical (unpaired) electrons. The van der Waals surface area contributed by atoms with E-state index in [1.807, 2.05) is 25.1 Å². The van der Waals surface area contributed by atoms with Gasteiger partial charge in [0.05, 0.1) is 19.8 Å². The van der Waals surface area contributed by atoms with Crippen molar-refractivity contribution in [3.05, 3.63) is 59.2 Å². The molecule has 0 heterocycles. The zero-order valence-electron chi connectivity index (χ0n) is 14.5. The molecular weight excluding hydrogens is 331 g/mol. The number of halogens is 3. The van der Waals surface area contributed by atoms with Crippen molar-refractivity contribution in [2.75, 3.05) is 14.2 Å². The zero-order valence-corrected chi connectivity index (χ0v) is 14.5. The van der Waals surface area contributed by atoms with Crippen molar-refractivity contribution in [1.82, 2.24) is 5.32 Å². The summed E-state index contributed by atoms with van der Waals surface area (Å²) in [4.78, 5) is 0. The van der Waals surface area contributed by atoms with E-state index in [0.717, 1.165) is 11.6 Å². The second kappa shape index (κ2) is 8.25. The van der Waals surface area contributed by atoms with Gasteiger partial charge >= 0.3 is 6.18 Å². The van der Waals surface area contributed by atoms with Crippen LogP contribution < -0.4 is 14.8 Å². The van der Waals surface area contributed by atoms with Gasteiger partial charge in [-0.3, -0.25) is 0 Å². The van der Waals surface area contributed by atoms with Crippen molar-refractivity contribution < 1.29 is 22.6 Å². The molecule has 0 aromatic heterocycles. The van der Waals surface area contributed by atoms with E-state index >= 15 is 0 Å². The van der Waals surface area contributed by atoms with E-state index in [9.17, 15) is 13.2 Å². The van der Waals surface area contributed by atoms with Gasteiger partial charge in [0, 0.05) is 12.6 Å². The number of methoxy groups -OCH3 is 2. The van der Waals surface area contributed by atoms with Crippen molar-refractivity contribution in [2.45, 2.75) is 32.1 Å². The number of ether oxygens (including phenoxy) is 2. The van der Waals surface area contributed by atoms with Crippen LogP contribution in [0.3, 0.4) is 0 Å². The topological polar surface area (TPSA) is 30.5 Å². The Bertz CT molecular complexity index is 701. The molecule has 3 nitrogen and oxygen atoms in total. The fourth-order valence-electron chi connectivity index (χ4n) is 2.67. The molecule has 0 aliphatic carbocycles. The summed E-state index contributed by atoms with van der Waals surface area (Å²) in [7, 11) is 3.14. The third-order valence-corrected chi connectivity index (χ3v) is 3.95. The molecule has 0 unspecified atom stereocenters. The summed E-state index contributed by atoms with van der Waals surface area (Å²) >= 11 is 0. The Morgan fingerprint density at radius 1 is 1.00 bits per heavy atom. The minimum Gasteiger partial charge on any atom is -0.493 e. The maximum absolute atomic E-state index is 13.0. The fourth-order valence-corrected chi connectivity index (χ4v) is 2.67. The Hall–Kier alpha value is -2.21. The van der Waals surface area contributed by atoms with Gasteiger partial charge in [-0.05, 0) is 42.7 Å². The Kier molecular flexibility index (Phi) is 6.31. The van der Waals surface area contributed by atoms with E-state index in [0.29, 0.717) is 17.9 Å². The van der Waals surface area contributed by atoms with E-state index < -0.39 is 11.7 Å². The third-order valence-electron chi connectivity index (χ3n) is 3.95. The van der Waals surface area contributed by atoms with Gasteiger partial charge in [0.25, 0.3) is 0 Å². The van der Waals surface area contributed by atoms with E-state index in [1.54, 1.807) is 20.3 Å². The summed E-state index contributed by atoms with van der Waals surface area (Å²) in [5.74, 6) is 1.28. The van der Waals surface area contributed by atoms with Crippen molar-refractivity contribution in [2.24, 2.45) is 0 Å². The van der Waals surface area contributed by atoms with Crippen molar-refractivity contribution in [1.29, 1.82) is 0 Å². The van der Waals surface area contributed by atoms with Gasteiger partial charge in [0.2, 0.25) is 0 Å². The van der Waals surface area contributed by atoms with Gasteiger partial charge in [-0.25, -0.2) is 0 Å². The fraction of sp³-hybridized carbons (Fsp3) is 0.368. The first-order valence-electron chi connectivity index (χ1n) is 7.94. The summed E-state index contributed by atoms with van der Waals surface area (Å²) in [6.45, 7) is 2.09. The van der Waals surface area contributed by atoms with Crippen LogP contribution in [0.5, 0.6) is 11.5 Å². The summed E-state index contributed by atoms with van der Waals surface area (Å²) < 4.78 is 49.5. The highest BCUT2D eigenvalue weighted by molar-refractivity contribution is 5.43. The Morgan fingerprint density at radius 3 is 2.32 bits per heavy atom. The second-order valence-electron chi connectivity index (χ2n) is 5.83. The van der Waals surface area contributed by atoms with E-state index in [2.05, 4.69) is 5.32 Å². The lowest BCUT2D eigenvalue weighted by atomic mass is 10.0. The minimum absolute atomic E-state index is 0.000564. The van der Waals surface area contributed by atoms with Crippen LogP contribution in [0.4, 0.5) is 13.2 Å². The van der Waals surface area contributed by atoms with E-state index in [1.165, 1.54) is 12.1 Å². The largest absolute Gasteiger partial charge is 0.493 e. The van der Waals surface area contributed by atoms with E-state index in [4.69, 9.17) is 9.47 Å². The van der Waals surface area contributed by atoms with Crippen LogP contribution >= 0.6 is 0 Å².